The van der Waals surface area contributed by atoms with Gasteiger partial charge in [-0.1, -0.05) is 29.3 Å². The van der Waals surface area contributed by atoms with Crippen molar-refractivity contribution in [2.24, 2.45) is 0 Å². The Morgan fingerprint density at radius 2 is 2.00 bits per heavy atom. The van der Waals surface area contributed by atoms with E-state index in [1.54, 1.807) is 34.1 Å². The summed E-state index contributed by atoms with van der Waals surface area (Å²) in [5.74, 6) is 0.181. The summed E-state index contributed by atoms with van der Waals surface area (Å²) in [6, 6.07) is 12.5. The van der Waals surface area contributed by atoms with Crippen molar-refractivity contribution >= 4 is 29.1 Å². The monoisotopic (exact) mass is 372 g/mol. The number of rotatable bonds is 3. The van der Waals surface area contributed by atoms with Crippen molar-refractivity contribution in [2.75, 3.05) is 25.1 Å². The van der Waals surface area contributed by atoms with Crippen LogP contribution in [0.4, 0.5) is 5.69 Å². The van der Waals surface area contributed by atoms with Crippen LogP contribution in [0.2, 0.25) is 5.02 Å². The molecule has 136 valence electrons. The Labute approximate surface area is 158 Å². The first-order valence-electron chi connectivity index (χ1n) is 8.42. The standard InChI is InChI=1S/C20H21ClN2O3/c1-13-7-8-18(26-3)17(9-13)20(25)22-12-19(24)23(11-14(22)2)16-6-4-5-15(21)10-16/h4-10,14H,11-12H2,1-3H3/t14-/m0/s1. The van der Waals surface area contributed by atoms with Crippen LogP contribution in [0.3, 0.4) is 0 Å². The number of nitrogens with zero attached hydrogens (tertiary/aromatic N) is 2. The first kappa shape index (κ1) is 18.3. The summed E-state index contributed by atoms with van der Waals surface area (Å²) in [5.41, 5.74) is 2.18. The van der Waals surface area contributed by atoms with Crippen LogP contribution in [0.1, 0.15) is 22.8 Å². The molecule has 0 spiro atoms. The molecule has 0 N–H and O–H groups in total. The number of amides is 2. The van der Waals surface area contributed by atoms with Gasteiger partial charge < -0.3 is 14.5 Å². The summed E-state index contributed by atoms with van der Waals surface area (Å²) in [6.07, 6.45) is 0. The number of aryl methyl sites for hydroxylation is 1. The number of ether oxygens (including phenoxy) is 1. The highest BCUT2D eigenvalue weighted by Gasteiger charge is 2.34. The first-order chi connectivity index (χ1) is 12.4. The molecule has 0 radical (unpaired) electrons. The Balaban J connectivity index is 1.85. The summed E-state index contributed by atoms with van der Waals surface area (Å²) < 4.78 is 5.32. The minimum absolute atomic E-state index is 0.0175. The molecule has 3 rings (SSSR count). The maximum absolute atomic E-state index is 13.0. The number of carbonyl (C=O) groups is 2. The van der Waals surface area contributed by atoms with Gasteiger partial charge in [-0.15, -0.1) is 0 Å². The number of methoxy groups -OCH3 is 1. The third-order valence-corrected chi connectivity index (χ3v) is 4.79. The number of anilines is 1. The van der Waals surface area contributed by atoms with Crippen LogP contribution in [0.5, 0.6) is 5.75 Å². The Bertz CT molecular complexity index is 853. The summed E-state index contributed by atoms with van der Waals surface area (Å²) in [7, 11) is 1.53. The normalized spacial score (nSPS) is 17.4. The molecular weight excluding hydrogens is 352 g/mol. The molecule has 1 aliphatic heterocycles. The van der Waals surface area contributed by atoms with Gasteiger partial charge in [0.25, 0.3) is 5.91 Å². The lowest BCUT2D eigenvalue weighted by molar-refractivity contribution is -0.121. The molecule has 1 aliphatic rings. The number of carbonyl (C=O) groups excluding carboxylic acids is 2. The van der Waals surface area contributed by atoms with Crippen molar-refractivity contribution in [3.05, 3.63) is 58.6 Å². The van der Waals surface area contributed by atoms with Crippen molar-refractivity contribution in [1.29, 1.82) is 0 Å². The van der Waals surface area contributed by atoms with E-state index in [1.165, 1.54) is 7.11 Å². The third kappa shape index (κ3) is 3.53. The molecule has 2 aromatic carbocycles. The summed E-state index contributed by atoms with van der Waals surface area (Å²) in [4.78, 5) is 29.0. The summed E-state index contributed by atoms with van der Waals surface area (Å²) in [5, 5.41) is 0.575. The Morgan fingerprint density at radius 3 is 2.69 bits per heavy atom. The number of halogens is 1. The molecule has 0 saturated carbocycles. The number of piperazine rings is 1. The highest BCUT2D eigenvalue weighted by atomic mass is 35.5. The second-order valence-electron chi connectivity index (χ2n) is 6.47. The van der Waals surface area contributed by atoms with Crippen LogP contribution in [-0.2, 0) is 4.79 Å². The van der Waals surface area contributed by atoms with Crippen molar-refractivity contribution in [3.8, 4) is 5.75 Å². The van der Waals surface area contributed by atoms with Crippen molar-refractivity contribution in [2.45, 2.75) is 19.9 Å². The van der Waals surface area contributed by atoms with Crippen molar-refractivity contribution in [1.82, 2.24) is 4.90 Å². The predicted octanol–water partition coefficient (Wildman–Crippen LogP) is 3.53. The number of hydrogen-bond acceptors (Lipinski definition) is 3. The van der Waals surface area contributed by atoms with Gasteiger partial charge in [-0.25, -0.2) is 0 Å². The van der Waals surface area contributed by atoms with E-state index in [2.05, 4.69) is 0 Å². The Kier molecular flexibility index (Phi) is 5.18. The van der Waals surface area contributed by atoms with Gasteiger partial charge in [-0.05, 0) is 44.2 Å². The molecule has 1 fully saturated rings. The smallest absolute Gasteiger partial charge is 0.258 e. The zero-order valence-corrected chi connectivity index (χ0v) is 15.8. The molecule has 1 atom stereocenters. The first-order valence-corrected chi connectivity index (χ1v) is 8.80. The van der Waals surface area contributed by atoms with E-state index in [4.69, 9.17) is 16.3 Å². The maximum atomic E-state index is 13.0. The molecule has 2 aromatic rings. The van der Waals surface area contributed by atoms with E-state index >= 15 is 0 Å². The topological polar surface area (TPSA) is 49.9 Å². The van der Waals surface area contributed by atoms with E-state index in [9.17, 15) is 9.59 Å². The lowest BCUT2D eigenvalue weighted by Crippen LogP contribution is -2.57. The quantitative estimate of drug-likeness (QED) is 0.828. The predicted molar refractivity (Wildman–Crippen MR) is 102 cm³/mol. The minimum atomic E-state index is -0.197. The minimum Gasteiger partial charge on any atom is -0.496 e. The highest BCUT2D eigenvalue weighted by molar-refractivity contribution is 6.30. The summed E-state index contributed by atoms with van der Waals surface area (Å²) in [6.45, 7) is 4.29. The molecule has 1 saturated heterocycles. The molecule has 0 aliphatic carbocycles. The fourth-order valence-corrected chi connectivity index (χ4v) is 3.35. The van der Waals surface area contributed by atoms with Crippen LogP contribution in [0.25, 0.3) is 0 Å². The maximum Gasteiger partial charge on any atom is 0.258 e. The van der Waals surface area contributed by atoms with E-state index in [-0.39, 0.29) is 24.4 Å². The van der Waals surface area contributed by atoms with Gasteiger partial charge in [-0.3, -0.25) is 9.59 Å². The molecule has 26 heavy (non-hydrogen) atoms. The number of benzene rings is 2. The number of hydrogen-bond donors (Lipinski definition) is 0. The molecule has 2 amide bonds. The van der Waals surface area contributed by atoms with Crippen LogP contribution in [-0.4, -0.2) is 43.0 Å². The Hall–Kier alpha value is -2.53. The zero-order valence-electron chi connectivity index (χ0n) is 15.0. The van der Waals surface area contributed by atoms with Crippen LogP contribution >= 0.6 is 11.6 Å². The van der Waals surface area contributed by atoms with Gasteiger partial charge in [0.2, 0.25) is 5.91 Å². The molecule has 5 nitrogen and oxygen atoms in total. The van der Waals surface area contributed by atoms with Crippen molar-refractivity contribution < 1.29 is 14.3 Å². The van der Waals surface area contributed by atoms with Gasteiger partial charge in [0.15, 0.2) is 0 Å². The highest BCUT2D eigenvalue weighted by Crippen LogP contribution is 2.26. The van der Waals surface area contributed by atoms with Crippen LogP contribution in [0, 0.1) is 6.92 Å². The Morgan fingerprint density at radius 1 is 1.23 bits per heavy atom. The molecule has 0 aromatic heterocycles. The lowest BCUT2D eigenvalue weighted by Gasteiger charge is -2.39. The molecule has 0 unspecified atom stereocenters. The van der Waals surface area contributed by atoms with Gasteiger partial charge >= 0.3 is 0 Å². The average molecular weight is 373 g/mol. The van der Waals surface area contributed by atoms with E-state index in [1.807, 2.05) is 32.0 Å². The second-order valence-corrected chi connectivity index (χ2v) is 6.91. The third-order valence-electron chi connectivity index (χ3n) is 4.55. The average Bonchev–Trinajstić information content (AvgIpc) is 2.62. The fraction of sp³-hybridized carbons (Fsp3) is 0.300. The fourth-order valence-electron chi connectivity index (χ4n) is 3.16. The zero-order chi connectivity index (χ0) is 18.8. The molecule has 0 bridgehead atoms. The van der Waals surface area contributed by atoms with Gasteiger partial charge in [0.1, 0.15) is 12.3 Å². The molecular formula is C20H21ClN2O3. The van der Waals surface area contributed by atoms with E-state index in [0.717, 1.165) is 11.3 Å². The van der Waals surface area contributed by atoms with Gasteiger partial charge in [0.05, 0.1) is 12.7 Å². The van der Waals surface area contributed by atoms with Gasteiger partial charge in [0, 0.05) is 23.3 Å². The van der Waals surface area contributed by atoms with Crippen molar-refractivity contribution in [3.63, 3.8) is 0 Å². The molecule has 6 heteroatoms. The SMILES string of the molecule is COc1ccc(C)cc1C(=O)N1CC(=O)N(c2cccc(Cl)c2)C[C@@H]1C. The van der Waals surface area contributed by atoms with Crippen LogP contribution < -0.4 is 9.64 Å². The largest absolute Gasteiger partial charge is 0.496 e. The lowest BCUT2D eigenvalue weighted by atomic mass is 10.1. The summed E-state index contributed by atoms with van der Waals surface area (Å²) >= 11 is 6.04. The molecule has 1 heterocycles. The van der Waals surface area contributed by atoms with E-state index in [0.29, 0.717) is 22.9 Å². The second kappa shape index (κ2) is 7.38. The van der Waals surface area contributed by atoms with E-state index < -0.39 is 0 Å². The van der Waals surface area contributed by atoms with Gasteiger partial charge in [-0.2, -0.15) is 0 Å². The van der Waals surface area contributed by atoms with Crippen LogP contribution in [0.15, 0.2) is 42.5 Å².